The van der Waals surface area contributed by atoms with Gasteiger partial charge < -0.3 is 10.2 Å². The van der Waals surface area contributed by atoms with Crippen LogP contribution in [-0.2, 0) is 0 Å². The summed E-state index contributed by atoms with van der Waals surface area (Å²) in [5.41, 5.74) is 0. The van der Waals surface area contributed by atoms with E-state index in [1.54, 1.807) is 0 Å². The molecule has 3 heteroatoms. The van der Waals surface area contributed by atoms with Gasteiger partial charge in [0.25, 0.3) is 0 Å². The molecular weight excluding hydrogens is 216 g/mol. The Bertz CT molecular complexity index is 212. The van der Waals surface area contributed by atoms with Gasteiger partial charge in [-0.2, -0.15) is 11.8 Å². The lowest BCUT2D eigenvalue weighted by Crippen LogP contribution is -2.43. The Morgan fingerprint density at radius 2 is 2.31 bits per heavy atom. The molecule has 2 rings (SSSR count). The van der Waals surface area contributed by atoms with E-state index in [2.05, 4.69) is 35.8 Å². The fraction of sp³-hybridized carbons (Fsp3) is 1.00. The summed E-state index contributed by atoms with van der Waals surface area (Å²) >= 11 is 2.13. The largest absolute Gasteiger partial charge is 0.316 e. The molecule has 2 aliphatic heterocycles. The van der Waals surface area contributed by atoms with Crippen molar-refractivity contribution in [2.24, 2.45) is 5.92 Å². The Hall–Kier alpha value is 0.270. The fourth-order valence-corrected chi connectivity index (χ4v) is 4.05. The summed E-state index contributed by atoms with van der Waals surface area (Å²) in [6.45, 7) is 11.2. The van der Waals surface area contributed by atoms with E-state index in [9.17, 15) is 0 Å². The van der Waals surface area contributed by atoms with Gasteiger partial charge in [0.15, 0.2) is 0 Å². The molecule has 16 heavy (non-hydrogen) atoms. The highest BCUT2D eigenvalue weighted by Crippen LogP contribution is 2.29. The number of hydrogen-bond donors (Lipinski definition) is 1. The zero-order valence-electron chi connectivity index (χ0n) is 10.8. The van der Waals surface area contributed by atoms with Gasteiger partial charge in [-0.3, -0.25) is 0 Å². The van der Waals surface area contributed by atoms with E-state index in [1.165, 1.54) is 57.7 Å². The van der Waals surface area contributed by atoms with Crippen molar-refractivity contribution >= 4 is 11.8 Å². The van der Waals surface area contributed by atoms with Crippen molar-refractivity contribution in [2.45, 2.75) is 37.9 Å². The smallest absolute Gasteiger partial charge is 0.0231 e. The lowest BCUT2D eigenvalue weighted by atomic mass is 10.0. The lowest BCUT2D eigenvalue weighted by Gasteiger charge is -2.37. The van der Waals surface area contributed by atoms with E-state index in [4.69, 9.17) is 0 Å². The maximum atomic E-state index is 3.46. The van der Waals surface area contributed by atoms with Crippen molar-refractivity contribution in [3.8, 4) is 0 Å². The van der Waals surface area contributed by atoms with E-state index in [0.717, 1.165) is 5.92 Å². The number of rotatable bonds is 4. The van der Waals surface area contributed by atoms with Crippen molar-refractivity contribution in [3.63, 3.8) is 0 Å². The highest BCUT2D eigenvalue weighted by molar-refractivity contribution is 8.00. The third-order valence-corrected chi connectivity index (χ3v) is 5.05. The van der Waals surface area contributed by atoms with Crippen LogP contribution in [0.5, 0.6) is 0 Å². The molecule has 1 unspecified atom stereocenters. The predicted octanol–water partition coefficient (Wildman–Crippen LogP) is 2.20. The molecule has 0 aliphatic carbocycles. The summed E-state index contributed by atoms with van der Waals surface area (Å²) in [5, 5.41) is 3.46. The van der Waals surface area contributed by atoms with Gasteiger partial charge in [-0.25, -0.2) is 0 Å². The highest BCUT2D eigenvalue weighted by atomic mass is 32.2. The standard InChI is InChI=1S/C13H26N2S/c1-13(2)11-15(8-9-16-13)7-3-4-12-5-6-14-10-12/h12,14H,3-11H2,1-2H3. The van der Waals surface area contributed by atoms with Crippen molar-refractivity contribution in [3.05, 3.63) is 0 Å². The monoisotopic (exact) mass is 242 g/mol. The minimum Gasteiger partial charge on any atom is -0.316 e. The van der Waals surface area contributed by atoms with Crippen molar-refractivity contribution in [2.75, 3.05) is 38.5 Å². The quantitative estimate of drug-likeness (QED) is 0.814. The Morgan fingerprint density at radius 1 is 1.44 bits per heavy atom. The van der Waals surface area contributed by atoms with Gasteiger partial charge in [-0.1, -0.05) is 0 Å². The Labute approximate surface area is 105 Å². The van der Waals surface area contributed by atoms with Gasteiger partial charge in [0, 0.05) is 23.6 Å². The molecule has 2 heterocycles. The fourth-order valence-electron chi connectivity index (χ4n) is 2.87. The maximum absolute atomic E-state index is 3.46. The van der Waals surface area contributed by atoms with Gasteiger partial charge in [0.2, 0.25) is 0 Å². The topological polar surface area (TPSA) is 15.3 Å². The Kier molecular flexibility index (Phi) is 4.57. The molecule has 2 saturated heterocycles. The molecule has 0 amide bonds. The zero-order valence-corrected chi connectivity index (χ0v) is 11.6. The third-order valence-electron chi connectivity index (χ3n) is 3.75. The molecule has 0 bridgehead atoms. The second-order valence-corrected chi connectivity index (χ2v) is 7.69. The molecule has 0 aromatic rings. The summed E-state index contributed by atoms with van der Waals surface area (Å²) in [6, 6.07) is 0. The van der Waals surface area contributed by atoms with E-state index >= 15 is 0 Å². The van der Waals surface area contributed by atoms with Crippen LogP contribution in [0.1, 0.15) is 33.1 Å². The van der Waals surface area contributed by atoms with Gasteiger partial charge in [0.1, 0.15) is 0 Å². The first-order chi connectivity index (χ1) is 7.66. The molecule has 0 radical (unpaired) electrons. The van der Waals surface area contributed by atoms with Crippen LogP contribution in [0.15, 0.2) is 0 Å². The third kappa shape index (κ3) is 3.94. The van der Waals surface area contributed by atoms with Crippen molar-refractivity contribution in [1.82, 2.24) is 10.2 Å². The van der Waals surface area contributed by atoms with Gasteiger partial charge in [-0.05, 0) is 58.7 Å². The molecule has 2 fully saturated rings. The number of hydrogen-bond acceptors (Lipinski definition) is 3. The molecule has 0 saturated carbocycles. The summed E-state index contributed by atoms with van der Waals surface area (Å²) in [7, 11) is 0. The number of thioether (sulfide) groups is 1. The van der Waals surface area contributed by atoms with Crippen LogP contribution in [-0.4, -0.2) is 48.1 Å². The summed E-state index contributed by atoms with van der Waals surface area (Å²) in [6.07, 6.45) is 4.23. The predicted molar refractivity (Wildman–Crippen MR) is 73.2 cm³/mol. The summed E-state index contributed by atoms with van der Waals surface area (Å²) in [4.78, 5) is 2.67. The molecule has 2 nitrogen and oxygen atoms in total. The molecular formula is C13H26N2S. The number of nitrogens with zero attached hydrogens (tertiary/aromatic N) is 1. The van der Waals surface area contributed by atoms with Crippen LogP contribution in [0.25, 0.3) is 0 Å². The van der Waals surface area contributed by atoms with E-state index in [0.29, 0.717) is 4.75 Å². The van der Waals surface area contributed by atoms with Gasteiger partial charge >= 0.3 is 0 Å². The van der Waals surface area contributed by atoms with Crippen molar-refractivity contribution in [1.29, 1.82) is 0 Å². The summed E-state index contributed by atoms with van der Waals surface area (Å²) in [5.74, 6) is 2.28. The Balaban J connectivity index is 1.61. The maximum Gasteiger partial charge on any atom is 0.0231 e. The first-order valence-electron chi connectivity index (χ1n) is 6.73. The average Bonchev–Trinajstić information content (AvgIpc) is 2.69. The van der Waals surface area contributed by atoms with E-state index in [1.807, 2.05) is 0 Å². The number of nitrogens with one attached hydrogen (secondary N) is 1. The average molecular weight is 242 g/mol. The molecule has 0 aromatic heterocycles. The van der Waals surface area contributed by atoms with Crippen LogP contribution < -0.4 is 5.32 Å². The second kappa shape index (κ2) is 5.74. The van der Waals surface area contributed by atoms with Crippen LogP contribution in [0.2, 0.25) is 0 Å². The first kappa shape index (κ1) is 12.7. The molecule has 1 atom stereocenters. The molecule has 0 spiro atoms. The molecule has 94 valence electrons. The zero-order chi connectivity index (χ0) is 11.4. The normalized spacial score (nSPS) is 30.8. The minimum atomic E-state index is 0.479. The summed E-state index contributed by atoms with van der Waals surface area (Å²) < 4.78 is 0.479. The SMILES string of the molecule is CC1(C)CN(CCCC2CCNC2)CCS1. The first-order valence-corrected chi connectivity index (χ1v) is 7.71. The lowest BCUT2D eigenvalue weighted by molar-refractivity contribution is 0.250. The second-order valence-electron chi connectivity index (χ2n) is 5.89. The van der Waals surface area contributed by atoms with Gasteiger partial charge in [0.05, 0.1) is 0 Å². The van der Waals surface area contributed by atoms with Crippen LogP contribution in [0.3, 0.4) is 0 Å². The Morgan fingerprint density at radius 3 is 3.00 bits per heavy atom. The van der Waals surface area contributed by atoms with Crippen LogP contribution >= 0.6 is 11.8 Å². The van der Waals surface area contributed by atoms with E-state index in [-0.39, 0.29) is 0 Å². The van der Waals surface area contributed by atoms with Gasteiger partial charge in [-0.15, -0.1) is 0 Å². The molecule has 0 aromatic carbocycles. The van der Waals surface area contributed by atoms with Crippen molar-refractivity contribution < 1.29 is 0 Å². The highest BCUT2D eigenvalue weighted by Gasteiger charge is 2.26. The molecule has 2 aliphatic rings. The van der Waals surface area contributed by atoms with Crippen LogP contribution in [0, 0.1) is 5.92 Å². The molecule has 1 N–H and O–H groups in total. The minimum absolute atomic E-state index is 0.479. The van der Waals surface area contributed by atoms with Crippen LogP contribution in [0.4, 0.5) is 0 Å². The van der Waals surface area contributed by atoms with E-state index < -0.39 is 0 Å².